The third-order valence-electron chi connectivity index (χ3n) is 6.37. The van der Waals surface area contributed by atoms with E-state index in [9.17, 15) is 10.2 Å². The normalized spacial score (nSPS) is 31.4. The van der Waals surface area contributed by atoms with E-state index >= 15 is 0 Å². The van der Waals surface area contributed by atoms with Crippen LogP contribution in [0.25, 0.3) is 0 Å². The van der Waals surface area contributed by atoms with Gasteiger partial charge < -0.3 is 10.2 Å². The van der Waals surface area contributed by atoms with Crippen LogP contribution >= 0.6 is 0 Å². The molecule has 2 saturated carbocycles. The third-order valence-corrected chi connectivity index (χ3v) is 6.37. The Morgan fingerprint density at radius 3 is 2.16 bits per heavy atom. The first-order valence-corrected chi connectivity index (χ1v) is 10.1. The quantitative estimate of drug-likeness (QED) is 0.646. The van der Waals surface area contributed by atoms with Gasteiger partial charge in [0.25, 0.3) is 0 Å². The largest absolute Gasteiger partial charge is 0.388 e. The molecule has 2 rings (SSSR count). The first-order valence-electron chi connectivity index (χ1n) is 10.1. The summed E-state index contributed by atoms with van der Waals surface area (Å²) in [5.41, 5.74) is 3.16. The second-order valence-electron chi connectivity index (χ2n) is 8.28. The Kier molecular flexibility index (Phi) is 9.16. The molecule has 2 aliphatic carbocycles. The van der Waals surface area contributed by atoms with E-state index in [0.29, 0.717) is 18.4 Å². The van der Waals surface area contributed by atoms with Gasteiger partial charge in [-0.1, -0.05) is 64.5 Å². The minimum atomic E-state index is -0.551. The summed E-state index contributed by atoms with van der Waals surface area (Å²) in [7, 11) is 0. The lowest BCUT2D eigenvalue weighted by atomic mass is 9.67. The summed E-state index contributed by atoms with van der Waals surface area (Å²) < 4.78 is 0. The summed E-state index contributed by atoms with van der Waals surface area (Å²) in [4.78, 5) is 0. The zero-order chi connectivity index (χ0) is 19.1. The van der Waals surface area contributed by atoms with Crippen LogP contribution in [0.4, 0.5) is 0 Å². The molecule has 0 aromatic rings. The summed E-state index contributed by atoms with van der Waals surface area (Å²) in [5.74, 6) is 3.40. The third kappa shape index (κ3) is 6.11. The number of allylic oxidation sites excluding steroid dienone is 2. The van der Waals surface area contributed by atoms with E-state index < -0.39 is 12.2 Å². The molecule has 25 heavy (non-hydrogen) atoms. The van der Waals surface area contributed by atoms with Crippen LogP contribution in [0.2, 0.25) is 0 Å². The van der Waals surface area contributed by atoms with Crippen molar-refractivity contribution in [3.63, 3.8) is 0 Å². The Balaban J connectivity index is 0.000000257. The molecule has 2 nitrogen and oxygen atoms in total. The molecule has 2 aliphatic rings. The molecule has 0 spiro atoms. The summed E-state index contributed by atoms with van der Waals surface area (Å²) >= 11 is 0. The van der Waals surface area contributed by atoms with Crippen LogP contribution in [0.15, 0.2) is 36.0 Å². The van der Waals surface area contributed by atoms with E-state index in [4.69, 9.17) is 0 Å². The Bertz CT molecular complexity index is 458. The van der Waals surface area contributed by atoms with Crippen molar-refractivity contribution in [1.29, 1.82) is 0 Å². The van der Waals surface area contributed by atoms with Crippen LogP contribution in [0.5, 0.6) is 0 Å². The van der Waals surface area contributed by atoms with Gasteiger partial charge in [0.1, 0.15) is 0 Å². The lowest BCUT2D eigenvalue weighted by molar-refractivity contribution is 0.123. The first kappa shape index (κ1) is 22.2. The average molecular weight is 349 g/mol. The molecule has 0 aromatic carbocycles. The predicted octanol–water partition coefficient (Wildman–Crippen LogP) is 5.67. The fourth-order valence-corrected chi connectivity index (χ4v) is 4.50. The molecule has 2 heteroatoms. The van der Waals surface area contributed by atoms with Crippen LogP contribution < -0.4 is 0 Å². The average Bonchev–Trinajstić information content (AvgIpc) is 2.57. The van der Waals surface area contributed by atoms with Gasteiger partial charge in [-0.3, -0.25) is 0 Å². The summed E-state index contributed by atoms with van der Waals surface area (Å²) in [6.07, 6.45) is 7.51. The minimum absolute atomic E-state index is 0.551. The maximum absolute atomic E-state index is 9.35. The Hall–Kier alpha value is -0.860. The van der Waals surface area contributed by atoms with E-state index in [-0.39, 0.29) is 0 Å². The molecule has 0 bridgehead atoms. The van der Waals surface area contributed by atoms with E-state index in [1.807, 2.05) is 13.0 Å². The molecule has 0 amide bonds. The van der Waals surface area contributed by atoms with Crippen molar-refractivity contribution in [2.24, 2.45) is 23.7 Å². The zero-order valence-corrected chi connectivity index (χ0v) is 17.1. The highest BCUT2D eigenvalue weighted by Gasteiger charge is 2.31. The van der Waals surface area contributed by atoms with Crippen LogP contribution in [-0.4, -0.2) is 22.4 Å². The van der Waals surface area contributed by atoms with Gasteiger partial charge >= 0.3 is 0 Å². The smallest absolute Gasteiger partial charge is 0.0809 e. The zero-order valence-electron chi connectivity index (χ0n) is 17.1. The Labute approximate surface area is 155 Å². The summed E-state index contributed by atoms with van der Waals surface area (Å²) in [6.45, 7) is 19.2. The monoisotopic (exact) mass is 348 g/mol. The van der Waals surface area contributed by atoms with E-state index in [2.05, 4.69) is 40.9 Å². The first-order chi connectivity index (χ1) is 11.7. The fraction of sp³-hybridized carbons (Fsp3) is 0.739. The molecule has 0 radical (unpaired) electrons. The van der Waals surface area contributed by atoms with Gasteiger partial charge in [0.2, 0.25) is 0 Å². The van der Waals surface area contributed by atoms with Crippen LogP contribution in [0.1, 0.15) is 73.1 Å². The molecule has 5 atom stereocenters. The molecular formula is C23H40O2. The van der Waals surface area contributed by atoms with Crippen molar-refractivity contribution >= 4 is 0 Å². The second kappa shape index (κ2) is 10.3. The highest BCUT2D eigenvalue weighted by Crippen LogP contribution is 2.41. The maximum Gasteiger partial charge on any atom is 0.0809 e. The van der Waals surface area contributed by atoms with Crippen molar-refractivity contribution in [3.8, 4) is 0 Å². The molecule has 0 unspecified atom stereocenters. The van der Waals surface area contributed by atoms with Crippen molar-refractivity contribution in [2.75, 3.05) is 0 Å². The van der Waals surface area contributed by atoms with Gasteiger partial charge in [0.15, 0.2) is 0 Å². The van der Waals surface area contributed by atoms with Crippen molar-refractivity contribution in [2.45, 2.75) is 85.4 Å². The summed E-state index contributed by atoms with van der Waals surface area (Å²) in [5, 5.41) is 18.7. The number of aliphatic hydroxyl groups excluding tert-OH is 2. The van der Waals surface area contributed by atoms with Gasteiger partial charge in [-0.25, -0.2) is 0 Å². The lowest BCUT2D eigenvalue weighted by Crippen LogP contribution is -2.29. The number of hydrogen-bond acceptors (Lipinski definition) is 2. The van der Waals surface area contributed by atoms with E-state index in [1.165, 1.54) is 31.3 Å². The number of hydrogen-bond donors (Lipinski definition) is 2. The number of rotatable bonds is 3. The van der Waals surface area contributed by atoms with Gasteiger partial charge in [0, 0.05) is 0 Å². The van der Waals surface area contributed by atoms with Crippen molar-refractivity contribution in [3.05, 3.63) is 36.0 Å². The van der Waals surface area contributed by atoms with Gasteiger partial charge in [-0.2, -0.15) is 0 Å². The van der Waals surface area contributed by atoms with E-state index in [0.717, 1.165) is 29.2 Å². The standard InChI is InChI=1S/C14H26.C9H14O2/c1-6-13(10(2)3)14-9-7-8-11(4)12(14)5;1-3-7-4-8(10)6(2)9(11)5-7/h10,12-14H,4,6-9H2,1-3,5H3;3,8-11H,2,4-5H2,1H3/t12-,13+,14-;8-,9-/m01/s1. The molecule has 144 valence electrons. The lowest BCUT2D eigenvalue weighted by Gasteiger charge is -2.38. The highest BCUT2D eigenvalue weighted by atomic mass is 16.3. The molecule has 0 aliphatic heterocycles. The molecule has 0 heterocycles. The molecular weight excluding hydrogens is 308 g/mol. The Morgan fingerprint density at radius 2 is 1.72 bits per heavy atom. The van der Waals surface area contributed by atoms with Crippen LogP contribution in [-0.2, 0) is 0 Å². The van der Waals surface area contributed by atoms with Crippen LogP contribution in [0.3, 0.4) is 0 Å². The molecule has 2 fully saturated rings. The molecule has 0 saturated heterocycles. The predicted molar refractivity (Wildman–Crippen MR) is 108 cm³/mol. The highest BCUT2D eigenvalue weighted by molar-refractivity contribution is 5.22. The SMILES string of the molecule is C=C1CCC[C@H]([C@H](CC)C(C)C)[C@H]1C.C=C1[C@H](O)CC(=CC)C[C@H]1O. The minimum Gasteiger partial charge on any atom is -0.388 e. The summed E-state index contributed by atoms with van der Waals surface area (Å²) in [6, 6.07) is 0. The maximum atomic E-state index is 9.35. The number of aliphatic hydroxyl groups is 2. The molecule has 0 aromatic heterocycles. The Morgan fingerprint density at radius 1 is 1.16 bits per heavy atom. The topological polar surface area (TPSA) is 40.5 Å². The van der Waals surface area contributed by atoms with Crippen molar-refractivity contribution in [1.82, 2.24) is 0 Å². The van der Waals surface area contributed by atoms with Crippen molar-refractivity contribution < 1.29 is 10.2 Å². The van der Waals surface area contributed by atoms with Gasteiger partial charge in [-0.05, 0) is 68.3 Å². The van der Waals surface area contributed by atoms with Crippen LogP contribution in [0, 0.1) is 23.7 Å². The fourth-order valence-electron chi connectivity index (χ4n) is 4.50. The van der Waals surface area contributed by atoms with Gasteiger partial charge in [0.05, 0.1) is 12.2 Å². The second-order valence-corrected chi connectivity index (χ2v) is 8.28. The van der Waals surface area contributed by atoms with E-state index in [1.54, 1.807) is 0 Å². The molecule has 2 N–H and O–H groups in total. The van der Waals surface area contributed by atoms with Gasteiger partial charge in [-0.15, -0.1) is 0 Å².